The van der Waals surface area contributed by atoms with Gasteiger partial charge in [0.2, 0.25) is 0 Å². The van der Waals surface area contributed by atoms with Crippen LogP contribution in [-0.4, -0.2) is 53.8 Å². The molecule has 3 rings (SSSR count). The standard InChI is InChI=1S/C17H24N2O3/c1-4-8-21-15-6-5-14-16(15)22-9-7-19(14)17(20)13-10-11(2)18-12(13)3/h4,10,14-16,18H,1,5-9H2,2-3H3/t14-,15-,16+/m0/s1. The van der Waals surface area contributed by atoms with E-state index in [4.69, 9.17) is 9.47 Å². The Morgan fingerprint density at radius 2 is 2.36 bits per heavy atom. The number of fused-ring (bicyclic) bond motifs is 1. The SMILES string of the molecule is C=CCO[C@H]1CC[C@H]2[C@H]1OCCN2C(=O)c1cc(C)[nH]c1C. The zero-order chi connectivity index (χ0) is 15.7. The number of ether oxygens (including phenoxy) is 2. The maximum absolute atomic E-state index is 12.9. The van der Waals surface area contributed by atoms with Crippen molar-refractivity contribution in [2.24, 2.45) is 0 Å². The molecule has 2 fully saturated rings. The fraction of sp³-hybridized carbons (Fsp3) is 0.588. The fourth-order valence-electron chi connectivity index (χ4n) is 3.64. The molecule has 1 saturated carbocycles. The highest BCUT2D eigenvalue weighted by molar-refractivity contribution is 5.96. The van der Waals surface area contributed by atoms with Crippen LogP contribution < -0.4 is 0 Å². The van der Waals surface area contributed by atoms with Crippen molar-refractivity contribution >= 4 is 5.91 Å². The Bertz CT molecular complexity index is 566. The fourth-order valence-corrected chi connectivity index (χ4v) is 3.64. The summed E-state index contributed by atoms with van der Waals surface area (Å²) in [4.78, 5) is 18.1. The molecule has 0 spiro atoms. The maximum Gasteiger partial charge on any atom is 0.256 e. The zero-order valence-electron chi connectivity index (χ0n) is 13.3. The minimum Gasteiger partial charge on any atom is -0.372 e. The van der Waals surface area contributed by atoms with Gasteiger partial charge in [-0.15, -0.1) is 6.58 Å². The van der Waals surface area contributed by atoms with Crippen LogP contribution in [0.25, 0.3) is 0 Å². The topological polar surface area (TPSA) is 54.6 Å². The number of nitrogens with zero attached hydrogens (tertiary/aromatic N) is 1. The van der Waals surface area contributed by atoms with Crippen LogP contribution >= 0.6 is 0 Å². The van der Waals surface area contributed by atoms with E-state index in [1.807, 2.05) is 24.8 Å². The molecular weight excluding hydrogens is 280 g/mol. The Hall–Kier alpha value is -1.59. The van der Waals surface area contributed by atoms with Crippen LogP contribution in [0.1, 0.15) is 34.6 Å². The molecule has 5 nitrogen and oxygen atoms in total. The quantitative estimate of drug-likeness (QED) is 0.868. The third kappa shape index (κ3) is 2.71. The summed E-state index contributed by atoms with van der Waals surface area (Å²) in [5.74, 6) is 0.101. The van der Waals surface area contributed by atoms with E-state index >= 15 is 0 Å². The van der Waals surface area contributed by atoms with Crippen LogP contribution in [0.5, 0.6) is 0 Å². The molecule has 0 radical (unpaired) electrons. The monoisotopic (exact) mass is 304 g/mol. The summed E-state index contributed by atoms with van der Waals surface area (Å²) in [5.41, 5.74) is 2.72. The van der Waals surface area contributed by atoms with Crippen LogP contribution in [0.3, 0.4) is 0 Å². The number of rotatable bonds is 4. The Kier molecular flexibility index (Phi) is 4.36. The van der Waals surface area contributed by atoms with Crippen LogP contribution in [0.4, 0.5) is 0 Å². The van der Waals surface area contributed by atoms with Gasteiger partial charge in [-0.3, -0.25) is 4.79 Å². The highest BCUT2D eigenvalue weighted by Crippen LogP contribution is 2.33. The summed E-state index contributed by atoms with van der Waals surface area (Å²) in [6, 6.07) is 2.05. The van der Waals surface area contributed by atoms with Crippen molar-refractivity contribution < 1.29 is 14.3 Å². The number of hydrogen-bond acceptors (Lipinski definition) is 3. The third-order valence-corrected chi connectivity index (χ3v) is 4.60. The van der Waals surface area contributed by atoms with Gasteiger partial charge in [-0.1, -0.05) is 6.08 Å². The molecule has 120 valence electrons. The number of carbonyl (C=O) groups excluding carboxylic acids is 1. The smallest absolute Gasteiger partial charge is 0.256 e. The lowest BCUT2D eigenvalue weighted by Gasteiger charge is -2.39. The summed E-state index contributed by atoms with van der Waals surface area (Å²) in [6.45, 7) is 9.36. The van der Waals surface area contributed by atoms with E-state index in [2.05, 4.69) is 11.6 Å². The normalized spacial score (nSPS) is 27.7. The molecule has 3 atom stereocenters. The van der Waals surface area contributed by atoms with Gasteiger partial charge in [0.1, 0.15) is 6.10 Å². The number of nitrogens with one attached hydrogen (secondary N) is 1. The van der Waals surface area contributed by atoms with Gasteiger partial charge < -0.3 is 19.4 Å². The molecule has 2 heterocycles. The van der Waals surface area contributed by atoms with Crippen LogP contribution in [0.2, 0.25) is 0 Å². The molecule has 1 N–H and O–H groups in total. The first-order chi connectivity index (χ1) is 10.6. The molecule has 0 aromatic carbocycles. The van der Waals surface area contributed by atoms with E-state index in [1.165, 1.54) is 0 Å². The van der Waals surface area contributed by atoms with E-state index in [0.29, 0.717) is 19.8 Å². The van der Waals surface area contributed by atoms with Crippen molar-refractivity contribution in [3.8, 4) is 0 Å². The minimum absolute atomic E-state index is 0.0157. The largest absolute Gasteiger partial charge is 0.372 e. The molecule has 1 amide bonds. The van der Waals surface area contributed by atoms with Gasteiger partial charge in [-0.25, -0.2) is 0 Å². The van der Waals surface area contributed by atoms with E-state index in [-0.39, 0.29) is 24.2 Å². The summed E-state index contributed by atoms with van der Waals surface area (Å²) < 4.78 is 11.7. The number of hydrogen-bond donors (Lipinski definition) is 1. The second kappa shape index (κ2) is 6.26. The number of aromatic amines is 1. The molecule has 1 saturated heterocycles. The molecule has 0 bridgehead atoms. The second-order valence-electron chi connectivity index (χ2n) is 6.13. The number of morpholine rings is 1. The van der Waals surface area contributed by atoms with Crippen molar-refractivity contribution in [3.63, 3.8) is 0 Å². The van der Waals surface area contributed by atoms with Crippen molar-refractivity contribution in [2.75, 3.05) is 19.8 Å². The van der Waals surface area contributed by atoms with Crippen molar-refractivity contribution in [2.45, 2.75) is 44.9 Å². The highest BCUT2D eigenvalue weighted by atomic mass is 16.5. The van der Waals surface area contributed by atoms with E-state index in [0.717, 1.165) is 29.8 Å². The Morgan fingerprint density at radius 3 is 3.05 bits per heavy atom. The van der Waals surface area contributed by atoms with E-state index in [1.54, 1.807) is 6.08 Å². The second-order valence-corrected chi connectivity index (χ2v) is 6.13. The summed E-state index contributed by atoms with van der Waals surface area (Å²) in [7, 11) is 0. The van der Waals surface area contributed by atoms with E-state index in [9.17, 15) is 4.79 Å². The average molecular weight is 304 g/mol. The number of aromatic nitrogens is 1. The summed E-state index contributed by atoms with van der Waals surface area (Å²) >= 11 is 0. The predicted octanol–water partition coefficient (Wildman–Crippen LogP) is 2.21. The molecule has 5 heteroatoms. The first-order valence-corrected chi connectivity index (χ1v) is 7.93. The first-order valence-electron chi connectivity index (χ1n) is 7.93. The van der Waals surface area contributed by atoms with Crippen molar-refractivity contribution in [3.05, 3.63) is 35.7 Å². The molecule has 1 aromatic rings. The van der Waals surface area contributed by atoms with Gasteiger partial charge in [0.05, 0.1) is 30.9 Å². The Morgan fingerprint density at radius 1 is 1.55 bits per heavy atom. The molecule has 22 heavy (non-hydrogen) atoms. The van der Waals surface area contributed by atoms with Gasteiger partial charge in [0.15, 0.2) is 0 Å². The lowest BCUT2D eigenvalue weighted by molar-refractivity contribution is -0.100. The Labute approximate surface area is 131 Å². The zero-order valence-corrected chi connectivity index (χ0v) is 13.3. The highest BCUT2D eigenvalue weighted by Gasteiger charge is 2.45. The Balaban J connectivity index is 1.76. The van der Waals surface area contributed by atoms with Crippen molar-refractivity contribution in [1.82, 2.24) is 9.88 Å². The van der Waals surface area contributed by atoms with Gasteiger partial charge in [-0.2, -0.15) is 0 Å². The maximum atomic E-state index is 12.9. The summed E-state index contributed by atoms with van der Waals surface area (Å²) in [6.07, 6.45) is 3.66. The molecule has 0 unspecified atom stereocenters. The van der Waals surface area contributed by atoms with Crippen LogP contribution in [0, 0.1) is 13.8 Å². The lowest BCUT2D eigenvalue weighted by atomic mass is 10.1. The minimum atomic E-state index is -0.0157. The predicted molar refractivity (Wildman–Crippen MR) is 84.0 cm³/mol. The van der Waals surface area contributed by atoms with Gasteiger partial charge in [0.25, 0.3) is 5.91 Å². The van der Waals surface area contributed by atoms with E-state index < -0.39 is 0 Å². The molecule has 1 aliphatic carbocycles. The lowest BCUT2D eigenvalue weighted by Crippen LogP contribution is -2.54. The molecule has 1 aromatic heterocycles. The summed E-state index contributed by atoms with van der Waals surface area (Å²) in [5, 5.41) is 0. The number of aryl methyl sites for hydroxylation is 2. The molecular formula is C17H24N2O3. The van der Waals surface area contributed by atoms with Crippen LogP contribution in [-0.2, 0) is 9.47 Å². The van der Waals surface area contributed by atoms with Gasteiger partial charge in [0, 0.05) is 17.9 Å². The molecule has 1 aliphatic heterocycles. The van der Waals surface area contributed by atoms with Crippen LogP contribution in [0.15, 0.2) is 18.7 Å². The third-order valence-electron chi connectivity index (χ3n) is 4.60. The van der Waals surface area contributed by atoms with Gasteiger partial charge in [-0.05, 0) is 32.8 Å². The number of amides is 1. The molecule has 2 aliphatic rings. The number of carbonyl (C=O) groups is 1. The number of H-pyrrole nitrogens is 1. The first kappa shape index (κ1) is 15.3. The van der Waals surface area contributed by atoms with Crippen molar-refractivity contribution in [1.29, 1.82) is 0 Å². The average Bonchev–Trinajstić information content (AvgIpc) is 3.07. The van der Waals surface area contributed by atoms with Gasteiger partial charge >= 0.3 is 0 Å².